The molecule has 3 rings (SSSR count). The van der Waals surface area contributed by atoms with Crippen LogP contribution in [0.3, 0.4) is 0 Å². The minimum atomic E-state index is -3.96. The normalized spacial score (nSPS) is 11.0. The number of benzene rings is 2. The van der Waals surface area contributed by atoms with Crippen LogP contribution in [0.25, 0.3) is 0 Å². The summed E-state index contributed by atoms with van der Waals surface area (Å²) in [6, 6.07) is 14.8. The van der Waals surface area contributed by atoms with Crippen molar-refractivity contribution < 1.29 is 17.9 Å². The molecule has 1 aromatic heterocycles. The lowest BCUT2D eigenvalue weighted by Gasteiger charge is -2.13. The number of aromatic nitrogens is 1. The van der Waals surface area contributed by atoms with Crippen LogP contribution >= 0.6 is 0 Å². The third-order valence-corrected chi connectivity index (χ3v) is 5.60. The van der Waals surface area contributed by atoms with Crippen LogP contribution < -0.4 is 14.8 Å². The summed E-state index contributed by atoms with van der Waals surface area (Å²) in [4.78, 5) is 16.4. The van der Waals surface area contributed by atoms with Crippen LogP contribution in [0, 0.1) is 6.92 Å². The molecule has 1 amide bonds. The van der Waals surface area contributed by atoms with Gasteiger partial charge in [-0.05, 0) is 48.9 Å². The van der Waals surface area contributed by atoms with E-state index in [0.717, 1.165) is 11.1 Å². The molecule has 3 aromatic rings. The topological polar surface area (TPSA) is 97.4 Å². The van der Waals surface area contributed by atoms with Crippen LogP contribution in [0.1, 0.15) is 21.5 Å². The summed E-state index contributed by atoms with van der Waals surface area (Å²) >= 11 is 0. The van der Waals surface area contributed by atoms with Crippen LogP contribution in [-0.2, 0) is 16.6 Å². The molecular weight excluding hydrogens is 390 g/mol. The number of nitrogens with one attached hydrogen (secondary N) is 2. The standard InChI is InChI=1S/C21H21N3O4S/c1-15-5-8-18(9-6-15)24-29(26,27)20-12-17(7-10-19(20)28-2)21(25)23-14-16-4-3-11-22-13-16/h3-13,24H,14H2,1-2H3,(H,23,25). The smallest absolute Gasteiger partial charge is 0.265 e. The highest BCUT2D eigenvalue weighted by Crippen LogP contribution is 2.27. The van der Waals surface area contributed by atoms with Crippen molar-refractivity contribution in [3.05, 3.63) is 83.7 Å². The molecule has 1 heterocycles. The Bertz CT molecular complexity index is 1100. The largest absolute Gasteiger partial charge is 0.495 e. The Balaban J connectivity index is 1.84. The molecule has 8 heteroatoms. The van der Waals surface area contributed by atoms with E-state index >= 15 is 0 Å². The quantitative estimate of drug-likeness (QED) is 0.623. The van der Waals surface area contributed by atoms with Gasteiger partial charge in [0.25, 0.3) is 15.9 Å². The number of carbonyl (C=O) groups excluding carboxylic acids is 1. The Hall–Kier alpha value is -3.39. The van der Waals surface area contributed by atoms with Gasteiger partial charge in [-0.1, -0.05) is 23.8 Å². The van der Waals surface area contributed by atoms with Crippen LogP contribution in [0.2, 0.25) is 0 Å². The zero-order valence-corrected chi connectivity index (χ0v) is 16.9. The highest BCUT2D eigenvalue weighted by atomic mass is 32.2. The Morgan fingerprint density at radius 2 is 1.86 bits per heavy atom. The molecule has 2 aromatic carbocycles. The van der Waals surface area contributed by atoms with Crippen LogP contribution in [-0.4, -0.2) is 26.4 Å². The van der Waals surface area contributed by atoms with E-state index in [0.29, 0.717) is 5.69 Å². The Morgan fingerprint density at radius 3 is 2.52 bits per heavy atom. The molecule has 0 unspecified atom stereocenters. The van der Waals surface area contributed by atoms with E-state index in [1.165, 1.54) is 25.3 Å². The summed E-state index contributed by atoms with van der Waals surface area (Å²) in [6.45, 7) is 2.19. The van der Waals surface area contributed by atoms with Crippen LogP contribution in [0.15, 0.2) is 71.9 Å². The highest BCUT2D eigenvalue weighted by molar-refractivity contribution is 7.92. The molecule has 150 valence electrons. The summed E-state index contributed by atoms with van der Waals surface area (Å²) in [5.74, 6) is -0.253. The minimum absolute atomic E-state index is 0.116. The number of rotatable bonds is 7. The van der Waals surface area contributed by atoms with Gasteiger partial charge >= 0.3 is 0 Å². The molecule has 0 spiro atoms. The van der Waals surface area contributed by atoms with E-state index in [4.69, 9.17) is 4.74 Å². The van der Waals surface area contributed by atoms with Gasteiger partial charge < -0.3 is 10.1 Å². The second-order valence-electron chi connectivity index (χ2n) is 6.38. The summed E-state index contributed by atoms with van der Waals surface area (Å²) in [7, 11) is -2.58. The number of methoxy groups -OCH3 is 1. The number of anilines is 1. The first kappa shape index (κ1) is 20.3. The van der Waals surface area contributed by atoms with E-state index in [1.54, 1.807) is 42.7 Å². The number of nitrogens with zero attached hydrogens (tertiary/aromatic N) is 1. The molecule has 7 nitrogen and oxygen atoms in total. The number of hydrogen-bond acceptors (Lipinski definition) is 5. The molecular formula is C21H21N3O4S. The molecule has 0 radical (unpaired) electrons. The third-order valence-electron chi connectivity index (χ3n) is 4.19. The van der Waals surface area contributed by atoms with Gasteiger partial charge in [-0.3, -0.25) is 14.5 Å². The average molecular weight is 411 g/mol. The lowest BCUT2D eigenvalue weighted by Crippen LogP contribution is -2.23. The van der Waals surface area contributed by atoms with Gasteiger partial charge in [-0.25, -0.2) is 8.42 Å². The molecule has 2 N–H and O–H groups in total. The fraction of sp³-hybridized carbons (Fsp3) is 0.143. The van der Waals surface area contributed by atoms with Crippen molar-refractivity contribution in [2.75, 3.05) is 11.8 Å². The monoisotopic (exact) mass is 411 g/mol. The van der Waals surface area contributed by atoms with E-state index in [-0.39, 0.29) is 22.8 Å². The van der Waals surface area contributed by atoms with E-state index < -0.39 is 15.9 Å². The first-order chi connectivity index (χ1) is 13.9. The Morgan fingerprint density at radius 1 is 1.10 bits per heavy atom. The third kappa shape index (κ3) is 5.11. The molecule has 0 saturated heterocycles. The van der Waals surface area contributed by atoms with Crippen LogP contribution in [0.4, 0.5) is 5.69 Å². The number of aryl methyl sites for hydroxylation is 1. The summed E-state index contributed by atoms with van der Waals surface area (Å²) in [5.41, 5.74) is 2.48. The number of hydrogen-bond donors (Lipinski definition) is 2. The molecule has 0 saturated carbocycles. The molecule has 0 aliphatic carbocycles. The van der Waals surface area contributed by atoms with E-state index in [9.17, 15) is 13.2 Å². The van der Waals surface area contributed by atoms with Gasteiger partial charge in [-0.2, -0.15) is 0 Å². The van der Waals surface area contributed by atoms with Crippen molar-refractivity contribution in [1.82, 2.24) is 10.3 Å². The van der Waals surface area contributed by atoms with Gasteiger partial charge in [0.05, 0.1) is 7.11 Å². The molecule has 0 bridgehead atoms. The van der Waals surface area contributed by atoms with Crippen molar-refractivity contribution in [1.29, 1.82) is 0 Å². The number of pyridine rings is 1. The molecule has 0 fully saturated rings. The Labute approximate surface area is 169 Å². The lowest BCUT2D eigenvalue weighted by molar-refractivity contribution is 0.0950. The van der Waals surface area contributed by atoms with E-state index in [2.05, 4.69) is 15.0 Å². The minimum Gasteiger partial charge on any atom is -0.495 e. The van der Waals surface area contributed by atoms with Gasteiger partial charge in [-0.15, -0.1) is 0 Å². The van der Waals surface area contributed by atoms with Gasteiger partial charge in [0, 0.05) is 30.2 Å². The van der Waals surface area contributed by atoms with Gasteiger partial charge in [0.2, 0.25) is 0 Å². The summed E-state index contributed by atoms with van der Waals surface area (Å²) in [5, 5.41) is 2.75. The predicted molar refractivity (Wildman–Crippen MR) is 110 cm³/mol. The number of ether oxygens (including phenoxy) is 1. The number of carbonyl (C=O) groups is 1. The first-order valence-electron chi connectivity index (χ1n) is 8.84. The number of amides is 1. The fourth-order valence-corrected chi connectivity index (χ4v) is 3.90. The molecule has 0 atom stereocenters. The highest BCUT2D eigenvalue weighted by Gasteiger charge is 2.22. The maximum Gasteiger partial charge on any atom is 0.265 e. The van der Waals surface area contributed by atoms with Crippen molar-refractivity contribution >= 4 is 21.6 Å². The Kier molecular flexibility index (Phi) is 6.13. The SMILES string of the molecule is COc1ccc(C(=O)NCc2cccnc2)cc1S(=O)(=O)Nc1ccc(C)cc1. The average Bonchev–Trinajstić information content (AvgIpc) is 2.73. The first-order valence-corrected chi connectivity index (χ1v) is 10.3. The van der Waals surface area contributed by atoms with E-state index in [1.807, 2.05) is 13.0 Å². The van der Waals surface area contributed by atoms with Gasteiger partial charge in [0.15, 0.2) is 0 Å². The maximum absolute atomic E-state index is 12.9. The zero-order chi connectivity index (χ0) is 20.9. The number of sulfonamides is 1. The molecule has 0 aliphatic rings. The summed E-state index contributed by atoms with van der Waals surface area (Å²) in [6.07, 6.45) is 3.29. The molecule has 0 aliphatic heterocycles. The van der Waals surface area contributed by atoms with Crippen molar-refractivity contribution in [3.63, 3.8) is 0 Å². The fourth-order valence-electron chi connectivity index (χ4n) is 2.65. The van der Waals surface area contributed by atoms with Crippen molar-refractivity contribution in [2.45, 2.75) is 18.4 Å². The van der Waals surface area contributed by atoms with Crippen LogP contribution in [0.5, 0.6) is 5.75 Å². The summed E-state index contributed by atoms with van der Waals surface area (Å²) < 4.78 is 33.5. The van der Waals surface area contributed by atoms with Gasteiger partial charge in [0.1, 0.15) is 10.6 Å². The maximum atomic E-state index is 12.9. The predicted octanol–water partition coefficient (Wildman–Crippen LogP) is 3.13. The lowest BCUT2D eigenvalue weighted by atomic mass is 10.2. The second kappa shape index (κ2) is 8.74. The van der Waals surface area contributed by atoms with Crippen molar-refractivity contribution in [2.24, 2.45) is 0 Å². The molecule has 29 heavy (non-hydrogen) atoms. The van der Waals surface area contributed by atoms with Crippen molar-refractivity contribution in [3.8, 4) is 5.75 Å². The second-order valence-corrected chi connectivity index (χ2v) is 8.03. The zero-order valence-electron chi connectivity index (χ0n) is 16.0.